The zero-order valence-electron chi connectivity index (χ0n) is 9.94. The average molecular weight is 317 g/mol. The van der Waals surface area contributed by atoms with Gasteiger partial charge in [-0.05, 0) is 31.2 Å². The summed E-state index contributed by atoms with van der Waals surface area (Å²) in [4.78, 5) is 11.7. The highest BCUT2D eigenvalue weighted by molar-refractivity contribution is 7.98. The number of aryl methyl sites for hydroxylation is 1. The van der Waals surface area contributed by atoms with Gasteiger partial charge in [0.1, 0.15) is 17.1 Å². The third-order valence-electron chi connectivity index (χ3n) is 2.46. The molecule has 1 aromatic carbocycles. The maximum atomic E-state index is 10.9. The smallest absolute Gasteiger partial charge is 0.339 e. The van der Waals surface area contributed by atoms with Crippen molar-refractivity contribution in [1.29, 1.82) is 0 Å². The lowest BCUT2D eigenvalue weighted by Gasteiger charge is -2.03. The largest absolute Gasteiger partial charge is 0.478 e. The number of aromatic carboxylic acids is 1. The van der Waals surface area contributed by atoms with Gasteiger partial charge >= 0.3 is 5.97 Å². The first kappa shape index (κ1) is 14.3. The molecule has 100 valence electrons. The number of hydrogen-bond donors (Lipinski definition) is 1. The topological polar surface area (TPSA) is 50.4 Å². The van der Waals surface area contributed by atoms with Crippen LogP contribution in [0.1, 0.15) is 21.9 Å². The summed E-state index contributed by atoms with van der Waals surface area (Å²) in [6, 6.07) is 6.74. The number of hydrogen-bond acceptors (Lipinski definition) is 3. The van der Waals surface area contributed by atoms with Gasteiger partial charge in [-0.2, -0.15) is 0 Å². The average Bonchev–Trinajstić information content (AvgIpc) is 2.72. The van der Waals surface area contributed by atoms with Gasteiger partial charge in [-0.15, -0.1) is 11.8 Å². The van der Waals surface area contributed by atoms with Gasteiger partial charge in [-0.25, -0.2) is 4.79 Å². The van der Waals surface area contributed by atoms with E-state index in [0.29, 0.717) is 27.3 Å². The van der Waals surface area contributed by atoms with Gasteiger partial charge in [0.15, 0.2) is 0 Å². The number of carbonyl (C=O) groups is 1. The van der Waals surface area contributed by atoms with Crippen molar-refractivity contribution in [3.05, 3.63) is 51.4 Å². The lowest BCUT2D eigenvalue weighted by molar-refractivity contribution is 0.0695. The number of benzene rings is 1. The zero-order chi connectivity index (χ0) is 14.0. The van der Waals surface area contributed by atoms with Crippen molar-refractivity contribution in [1.82, 2.24) is 0 Å². The van der Waals surface area contributed by atoms with Crippen molar-refractivity contribution in [2.45, 2.75) is 17.6 Å². The predicted molar refractivity (Wildman–Crippen MR) is 76.4 cm³/mol. The van der Waals surface area contributed by atoms with Crippen LogP contribution in [0.2, 0.25) is 10.0 Å². The summed E-state index contributed by atoms with van der Waals surface area (Å²) in [7, 11) is 0. The van der Waals surface area contributed by atoms with E-state index in [2.05, 4.69) is 0 Å². The summed E-state index contributed by atoms with van der Waals surface area (Å²) >= 11 is 13.4. The van der Waals surface area contributed by atoms with Crippen LogP contribution in [0.5, 0.6) is 0 Å². The van der Waals surface area contributed by atoms with Crippen LogP contribution >= 0.6 is 35.0 Å². The van der Waals surface area contributed by atoms with Crippen LogP contribution in [-0.2, 0) is 5.75 Å². The van der Waals surface area contributed by atoms with E-state index in [1.165, 1.54) is 17.8 Å². The molecule has 0 fully saturated rings. The third kappa shape index (κ3) is 3.47. The summed E-state index contributed by atoms with van der Waals surface area (Å²) in [6.07, 6.45) is 0. The molecular formula is C13H10Cl2O3S. The molecule has 0 radical (unpaired) electrons. The molecule has 0 unspecified atom stereocenters. The van der Waals surface area contributed by atoms with Crippen LogP contribution in [0.3, 0.4) is 0 Å². The minimum Gasteiger partial charge on any atom is -0.478 e. The predicted octanol–water partition coefficient (Wildman–Crippen LogP) is 4.89. The SMILES string of the molecule is Cc1oc(CSc2cc(Cl)ccc2Cl)cc1C(=O)O. The molecule has 0 saturated carbocycles. The van der Waals surface area contributed by atoms with Crippen molar-refractivity contribution >= 4 is 40.9 Å². The second-order valence-electron chi connectivity index (χ2n) is 3.85. The van der Waals surface area contributed by atoms with E-state index in [-0.39, 0.29) is 5.56 Å². The van der Waals surface area contributed by atoms with E-state index in [1.807, 2.05) is 0 Å². The minimum absolute atomic E-state index is 0.188. The number of carboxylic acid groups (broad SMARTS) is 1. The summed E-state index contributed by atoms with van der Waals surface area (Å²) in [5.74, 6) is 0.503. The highest BCUT2D eigenvalue weighted by atomic mass is 35.5. The summed E-state index contributed by atoms with van der Waals surface area (Å²) in [5.41, 5.74) is 0.188. The van der Waals surface area contributed by atoms with E-state index < -0.39 is 5.97 Å². The number of rotatable bonds is 4. The molecule has 0 bridgehead atoms. The van der Waals surface area contributed by atoms with Gasteiger partial charge in [0.25, 0.3) is 0 Å². The molecule has 6 heteroatoms. The van der Waals surface area contributed by atoms with Crippen LogP contribution in [0.25, 0.3) is 0 Å². The van der Waals surface area contributed by atoms with Gasteiger partial charge in [-0.1, -0.05) is 23.2 Å². The Morgan fingerprint density at radius 3 is 2.74 bits per heavy atom. The Kier molecular flexibility index (Phi) is 4.45. The molecule has 0 atom stereocenters. The first-order valence-corrected chi connectivity index (χ1v) is 7.12. The van der Waals surface area contributed by atoms with E-state index >= 15 is 0 Å². The Morgan fingerprint density at radius 1 is 1.37 bits per heavy atom. The van der Waals surface area contributed by atoms with Gasteiger partial charge in [0.2, 0.25) is 0 Å². The van der Waals surface area contributed by atoms with Crippen molar-refractivity contribution in [3.8, 4) is 0 Å². The first-order chi connectivity index (χ1) is 8.97. The lowest BCUT2D eigenvalue weighted by Crippen LogP contribution is -1.94. The third-order valence-corrected chi connectivity index (χ3v) is 4.22. The molecular weight excluding hydrogens is 307 g/mol. The molecule has 1 aromatic heterocycles. The Hall–Kier alpha value is -1.10. The van der Waals surface area contributed by atoms with E-state index in [4.69, 9.17) is 32.7 Å². The quantitative estimate of drug-likeness (QED) is 0.816. The van der Waals surface area contributed by atoms with Crippen molar-refractivity contribution in [2.75, 3.05) is 0 Å². The normalized spacial score (nSPS) is 10.7. The Morgan fingerprint density at radius 2 is 2.11 bits per heavy atom. The van der Waals surface area contributed by atoms with Crippen molar-refractivity contribution in [2.24, 2.45) is 0 Å². The highest BCUT2D eigenvalue weighted by Gasteiger charge is 2.14. The maximum Gasteiger partial charge on any atom is 0.339 e. The molecule has 0 aliphatic rings. The second-order valence-corrected chi connectivity index (χ2v) is 5.71. The van der Waals surface area contributed by atoms with E-state index in [0.717, 1.165) is 4.90 Å². The monoisotopic (exact) mass is 316 g/mol. The first-order valence-electron chi connectivity index (χ1n) is 5.38. The van der Waals surface area contributed by atoms with Crippen LogP contribution in [-0.4, -0.2) is 11.1 Å². The van der Waals surface area contributed by atoms with E-state index in [1.54, 1.807) is 25.1 Å². The molecule has 2 aromatic rings. The zero-order valence-corrected chi connectivity index (χ0v) is 12.3. The van der Waals surface area contributed by atoms with Crippen LogP contribution in [0.15, 0.2) is 33.6 Å². The molecule has 19 heavy (non-hydrogen) atoms. The summed E-state index contributed by atoms with van der Waals surface area (Å²) in [6.45, 7) is 1.63. The van der Waals surface area contributed by atoms with Crippen LogP contribution in [0.4, 0.5) is 0 Å². The highest BCUT2D eigenvalue weighted by Crippen LogP contribution is 2.32. The van der Waals surface area contributed by atoms with Crippen molar-refractivity contribution < 1.29 is 14.3 Å². The van der Waals surface area contributed by atoms with E-state index in [9.17, 15) is 4.79 Å². The Bertz CT molecular complexity index is 622. The van der Waals surface area contributed by atoms with Crippen molar-refractivity contribution in [3.63, 3.8) is 0 Å². The molecule has 0 spiro atoms. The standard InChI is InChI=1S/C13H10Cl2O3S/c1-7-10(13(16)17)5-9(18-7)6-19-12-4-8(14)2-3-11(12)15/h2-5H,6H2,1H3,(H,16,17). The lowest BCUT2D eigenvalue weighted by atomic mass is 10.2. The van der Waals surface area contributed by atoms with Gasteiger partial charge < -0.3 is 9.52 Å². The molecule has 0 amide bonds. The van der Waals surface area contributed by atoms with Gasteiger partial charge in [0.05, 0.1) is 10.8 Å². The maximum absolute atomic E-state index is 10.9. The summed E-state index contributed by atoms with van der Waals surface area (Å²) in [5, 5.41) is 10.2. The second kappa shape index (κ2) is 5.90. The van der Waals surface area contributed by atoms with Gasteiger partial charge in [-0.3, -0.25) is 0 Å². The minimum atomic E-state index is -0.988. The molecule has 0 aliphatic heterocycles. The van der Waals surface area contributed by atoms with Crippen LogP contribution < -0.4 is 0 Å². The number of halogens is 2. The number of carboxylic acids is 1. The molecule has 3 nitrogen and oxygen atoms in total. The molecule has 0 saturated heterocycles. The fraction of sp³-hybridized carbons (Fsp3) is 0.154. The number of thioether (sulfide) groups is 1. The fourth-order valence-corrected chi connectivity index (χ4v) is 2.94. The number of furan rings is 1. The molecule has 1 heterocycles. The molecule has 0 aliphatic carbocycles. The Labute approximate surface area is 124 Å². The Balaban J connectivity index is 2.12. The molecule has 1 N–H and O–H groups in total. The fourth-order valence-electron chi connectivity index (χ4n) is 1.56. The summed E-state index contributed by atoms with van der Waals surface area (Å²) < 4.78 is 5.39. The van der Waals surface area contributed by atoms with Gasteiger partial charge in [0, 0.05) is 9.92 Å². The molecule has 2 rings (SSSR count). The van der Waals surface area contributed by atoms with Crippen LogP contribution in [0, 0.1) is 6.92 Å².